The van der Waals surface area contributed by atoms with E-state index in [-0.39, 0.29) is 0 Å². The van der Waals surface area contributed by atoms with Crippen LogP contribution in [-0.2, 0) is 0 Å². The summed E-state index contributed by atoms with van der Waals surface area (Å²) >= 11 is 7.87. The normalized spacial score (nSPS) is 11.4. The summed E-state index contributed by atoms with van der Waals surface area (Å²) in [6, 6.07) is 18.2. The van der Waals surface area contributed by atoms with Crippen molar-refractivity contribution in [3.63, 3.8) is 0 Å². The highest BCUT2D eigenvalue weighted by Gasteiger charge is 2.17. The van der Waals surface area contributed by atoms with Crippen molar-refractivity contribution in [2.45, 2.75) is 18.9 Å². The van der Waals surface area contributed by atoms with Crippen molar-refractivity contribution in [1.29, 1.82) is 0 Å². The maximum atomic E-state index is 6.08. The highest BCUT2D eigenvalue weighted by atomic mass is 35.5. The summed E-state index contributed by atoms with van der Waals surface area (Å²) in [5, 5.41) is 2.85. The minimum atomic E-state index is 0.596. The molecule has 2 aromatic heterocycles. The van der Waals surface area contributed by atoms with E-state index < -0.39 is 0 Å². The molecule has 0 unspecified atom stereocenters. The van der Waals surface area contributed by atoms with Crippen LogP contribution in [0.5, 0.6) is 0 Å². The van der Waals surface area contributed by atoms with Crippen LogP contribution in [-0.4, -0.2) is 20.3 Å². The summed E-state index contributed by atoms with van der Waals surface area (Å²) in [6.07, 6.45) is 3.81. The Kier molecular flexibility index (Phi) is 5.19. The van der Waals surface area contributed by atoms with E-state index >= 15 is 0 Å². The predicted octanol–water partition coefficient (Wildman–Crippen LogP) is 6.49. The lowest BCUT2D eigenvalue weighted by molar-refractivity contribution is 0.749. The number of hydrogen-bond donors (Lipinski definition) is 0. The smallest absolute Gasteiger partial charge is 0.149 e. The first-order valence-electron chi connectivity index (χ1n) is 8.93. The molecular formula is C22H20ClN3S. The molecule has 0 atom stereocenters. The van der Waals surface area contributed by atoms with Crippen molar-refractivity contribution in [2.75, 3.05) is 5.75 Å². The van der Waals surface area contributed by atoms with Gasteiger partial charge in [0.2, 0.25) is 0 Å². The number of nitrogens with zero attached hydrogens (tertiary/aromatic N) is 3. The van der Waals surface area contributed by atoms with Crippen molar-refractivity contribution >= 4 is 34.4 Å². The zero-order chi connectivity index (χ0) is 18.8. The van der Waals surface area contributed by atoms with Gasteiger partial charge in [-0.15, -0.1) is 11.8 Å². The Labute approximate surface area is 168 Å². The summed E-state index contributed by atoms with van der Waals surface area (Å²) in [5.41, 5.74) is 4.26. The summed E-state index contributed by atoms with van der Waals surface area (Å²) in [5.74, 6) is 1.62. The van der Waals surface area contributed by atoms with E-state index in [0.717, 1.165) is 43.6 Å². The van der Waals surface area contributed by atoms with Gasteiger partial charge in [-0.1, -0.05) is 55.8 Å². The molecule has 0 spiro atoms. The quantitative estimate of drug-likeness (QED) is 0.287. The molecule has 0 saturated carbocycles. The molecule has 0 bridgehead atoms. The van der Waals surface area contributed by atoms with Crippen LogP contribution < -0.4 is 0 Å². The molecule has 0 saturated heterocycles. The molecule has 0 fully saturated rings. The number of benzene rings is 2. The molecule has 4 rings (SSSR count). The molecule has 0 aliphatic heterocycles. The van der Waals surface area contributed by atoms with Crippen LogP contribution in [0.15, 0.2) is 72.1 Å². The van der Waals surface area contributed by atoms with E-state index in [1.165, 1.54) is 0 Å². The molecule has 27 heavy (non-hydrogen) atoms. The van der Waals surface area contributed by atoms with Gasteiger partial charge in [0.1, 0.15) is 17.0 Å². The molecule has 136 valence electrons. The van der Waals surface area contributed by atoms with Gasteiger partial charge in [-0.25, -0.2) is 9.97 Å². The Morgan fingerprint density at radius 3 is 2.44 bits per heavy atom. The highest BCUT2D eigenvalue weighted by Crippen LogP contribution is 2.37. The fourth-order valence-electron chi connectivity index (χ4n) is 3.02. The molecule has 0 radical (unpaired) electrons. The minimum Gasteiger partial charge on any atom is -0.301 e. The first kappa shape index (κ1) is 18.1. The number of hydrogen-bond acceptors (Lipinski definition) is 3. The number of rotatable bonds is 5. The molecule has 3 nitrogen and oxygen atoms in total. The van der Waals surface area contributed by atoms with Gasteiger partial charge in [-0.3, -0.25) is 0 Å². The SMILES string of the molecule is CC(C)CSc1ncnc2c1c(-c1ccccc1)cn2-c1ccc(Cl)cc1. The third-order valence-corrected chi connectivity index (χ3v) is 5.96. The molecule has 5 heteroatoms. The second-order valence-electron chi connectivity index (χ2n) is 6.84. The van der Waals surface area contributed by atoms with E-state index in [1.54, 1.807) is 18.1 Å². The zero-order valence-electron chi connectivity index (χ0n) is 15.3. The zero-order valence-corrected chi connectivity index (χ0v) is 16.8. The lowest BCUT2D eigenvalue weighted by atomic mass is 10.1. The summed E-state index contributed by atoms with van der Waals surface area (Å²) < 4.78 is 2.12. The summed E-state index contributed by atoms with van der Waals surface area (Å²) in [6.45, 7) is 4.45. The molecule has 0 aliphatic rings. The number of thioether (sulfide) groups is 1. The molecular weight excluding hydrogens is 374 g/mol. The van der Waals surface area contributed by atoms with E-state index in [4.69, 9.17) is 11.6 Å². The Morgan fingerprint density at radius 1 is 1.00 bits per heavy atom. The van der Waals surface area contributed by atoms with Gasteiger partial charge in [-0.05, 0) is 35.7 Å². The van der Waals surface area contributed by atoms with Gasteiger partial charge >= 0.3 is 0 Å². The summed E-state index contributed by atoms with van der Waals surface area (Å²) in [4.78, 5) is 9.22. The van der Waals surface area contributed by atoms with Crippen LogP contribution in [0.4, 0.5) is 0 Å². The van der Waals surface area contributed by atoms with Crippen LogP contribution >= 0.6 is 23.4 Å². The molecule has 2 heterocycles. The van der Waals surface area contributed by atoms with Gasteiger partial charge in [0, 0.05) is 28.2 Å². The Hall–Kier alpha value is -2.30. The van der Waals surface area contributed by atoms with E-state index in [2.05, 4.69) is 58.8 Å². The lowest BCUT2D eigenvalue weighted by Crippen LogP contribution is -1.96. The maximum absolute atomic E-state index is 6.08. The van der Waals surface area contributed by atoms with Crippen LogP contribution in [0, 0.1) is 5.92 Å². The average molecular weight is 394 g/mol. The fourth-order valence-corrected chi connectivity index (χ4v) is 4.11. The van der Waals surface area contributed by atoms with Crippen molar-refractivity contribution in [3.05, 3.63) is 72.1 Å². The number of aromatic nitrogens is 3. The third kappa shape index (κ3) is 3.73. The summed E-state index contributed by atoms with van der Waals surface area (Å²) in [7, 11) is 0. The largest absolute Gasteiger partial charge is 0.301 e. The highest BCUT2D eigenvalue weighted by molar-refractivity contribution is 7.99. The molecule has 2 aromatic carbocycles. The molecule has 0 N–H and O–H groups in total. The van der Waals surface area contributed by atoms with E-state index in [1.807, 2.05) is 30.3 Å². The van der Waals surface area contributed by atoms with Crippen LogP contribution in [0.1, 0.15) is 13.8 Å². The van der Waals surface area contributed by atoms with Crippen molar-refractivity contribution in [2.24, 2.45) is 5.92 Å². The van der Waals surface area contributed by atoms with Gasteiger partial charge < -0.3 is 4.57 Å². The van der Waals surface area contributed by atoms with Crippen LogP contribution in [0.2, 0.25) is 5.02 Å². The van der Waals surface area contributed by atoms with E-state index in [9.17, 15) is 0 Å². The topological polar surface area (TPSA) is 30.7 Å². The van der Waals surface area contributed by atoms with E-state index in [0.29, 0.717) is 5.92 Å². The van der Waals surface area contributed by atoms with Crippen LogP contribution in [0.25, 0.3) is 27.8 Å². The minimum absolute atomic E-state index is 0.596. The Balaban J connectivity index is 1.95. The first-order valence-corrected chi connectivity index (χ1v) is 10.3. The second kappa shape index (κ2) is 7.75. The van der Waals surface area contributed by atoms with Gasteiger partial charge in [0.05, 0.1) is 5.39 Å². The molecule has 4 aromatic rings. The monoisotopic (exact) mass is 393 g/mol. The Bertz CT molecular complexity index is 1060. The van der Waals surface area contributed by atoms with Gasteiger partial charge in [0.15, 0.2) is 0 Å². The predicted molar refractivity (Wildman–Crippen MR) is 115 cm³/mol. The Morgan fingerprint density at radius 2 is 1.74 bits per heavy atom. The van der Waals surface area contributed by atoms with Gasteiger partial charge in [0.25, 0.3) is 0 Å². The maximum Gasteiger partial charge on any atom is 0.149 e. The fraction of sp³-hybridized carbons (Fsp3) is 0.182. The van der Waals surface area contributed by atoms with Crippen molar-refractivity contribution < 1.29 is 0 Å². The molecule has 0 aliphatic carbocycles. The number of halogens is 1. The average Bonchev–Trinajstić information content (AvgIpc) is 3.08. The second-order valence-corrected chi connectivity index (χ2v) is 8.28. The first-order chi connectivity index (χ1) is 13.1. The standard InChI is InChI=1S/C22H20ClN3S/c1-15(2)13-27-22-20-19(16-6-4-3-5-7-16)12-26(21(20)24-14-25-22)18-10-8-17(23)9-11-18/h3-12,14-15H,13H2,1-2H3. The molecule has 0 amide bonds. The third-order valence-electron chi connectivity index (χ3n) is 4.29. The van der Waals surface area contributed by atoms with Crippen LogP contribution in [0.3, 0.4) is 0 Å². The lowest BCUT2D eigenvalue weighted by Gasteiger charge is -2.07. The van der Waals surface area contributed by atoms with Crippen molar-refractivity contribution in [1.82, 2.24) is 14.5 Å². The van der Waals surface area contributed by atoms with Gasteiger partial charge in [-0.2, -0.15) is 0 Å². The van der Waals surface area contributed by atoms with Crippen molar-refractivity contribution in [3.8, 4) is 16.8 Å². The number of fused-ring (bicyclic) bond motifs is 1.